The molecule has 2 aliphatic heterocycles. The van der Waals surface area contributed by atoms with Crippen molar-refractivity contribution in [1.82, 2.24) is 9.80 Å². The van der Waals surface area contributed by atoms with E-state index in [1.807, 2.05) is 43.9 Å². The lowest BCUT2D eigenvalue weighted by Crippen LogP contribution is -2.61. The molecule has 130 valence electrons. The highest BCUT2D eigenvalue weighted by atomic mass is 16.6. The summed E-state index contributed by atoms with van der Waals surface area (Å²) >= 11 is 0. The van der Waals surface area contributed by atoms with Crippen LogP contribution in [0.1, 0.15) is 39.2 Å². The van der Waals surface area contributed by atoms with E-state index in [1.165, 1.54) is 5.56 Å². The van der Waals surface area contributed by atoms with Crippen molar-refractivity contribution >= 4 is 12.4 Å². The molecule has 1 aromatic carbocycles. The van der Waals surface area contributed by atoms with E-state index < -0.39 is 5.60 Å². The molecular formula is C19H26N2O3. The first-order chi connectivity index (χ1) is 11.4. The third kappa shape index (κ3) is 3.46. The predicted octanol–water partition coefficient (Wildman–Crippen LogP) is 2.84. The van der Waals surface area contributed by atoms with Gasteiger partial charge in [0.05, 0.1) is 12.1 Å². The van der Waals surface area contributed by atoms with E-state index in [-0.39, 0.29) is 24.2 Å². The second-order valence-corrected chi connectivity index (χ2v) is 7.73. The Kier molecular flexibility index (Phi) is 4.63. The van der Waals surface area contributed by atoms with Crippen molar-refractivity contribution in [3.8, 4) is 0 Å². The van der Waals surface area contributed by atoms with Crippen LogP contribution < -0.4 is 0 Å². The van der Waals surface area contributed by atoms with Crippen LogP contribution in [0, 0.1) is 0 Å². The lowest BCUT2D eigenvalue weighted by Gasteiger charge is -2.44. The van der Waals surface area contributed by atoms with Crippen molar-refractivity contribution in [2.24, 2.45) is 0 Å². The molecule has 2 fully saturated rings. The molecule has 0 spiro atoms. The first-order valence-corrected chi connectivity index (χ1v) is 8.63. The van der Waals surface area contributed by atoms with Gasteiger partial charge in [-0.25, -0.2) is 4.79 Å². The van der Waals surface area contributed by atoms with Crippen molar-refractivity contribution < 1.29 is 14.3 Å². The van der Waals surface area contributed by atoms with Crippen molar-refractivity contribution in [2.45, 2.75) is 63.9 Å². The number of hydrogen-bond acceptors (Lipinski definition) is 4. The number of benzene rings is 1. The van der Waals surface area contributed by atoms with E-state index in [4.69, 9.17) is 4.74 Å². The van der Waals surface area contributed by atoms with Gasteiger partial charge in [-0.15, -0.1) is 0 Å². The number of fused-ring (bicyclic) bond motifs is 2. The molecule has 5 heteroatoms. The maximum atomic E-state index is 12.6. The van der Waals surface area contributed by atoms with Crippen LogP contribution in [0.25, 0.3) is 0 Å². The molecule has 0 N–H and O–H groups in total. The van der Waals surface area contributed by atoms with E-state index >= 15 is 0 Å². The molecule has 5 nitrogen and oxygen atoms in total. The summed E-state index contributed by atoms with van der Waals surface area (Å²) in [4.78, 5) is 28.4. The Morgan fingerprint density at radius 2 is 1.96 bits per heavy atom. The zero-order chi connectivity index (χ0) is 17.3. The summed E-state index contributed by atoms with van der Waals surface area (Å²) in [7, 11) is 0. The molecule has 24 heavy (non-hydrogen) atoms. The molecule has 1 amide bonds. The zero-order valence-corrected chi connectivity index (χ0v) is 14.6. The first kappa shape index (κ1) is 17.0. The SMILES string of the molecule is CC(C)(C)OC(=O)N1[C@H]2CC[C@@H]1[C@H](C=O)N(Cc1ccccc1)C2. The van der Waals surface area contributed by atoms with Gasteiger partial charge in [0.15, 0.2) is 0 Å². The number of amides is 1. The number of rotatable bonds is 3. The standard InChI is InChI=1S/C19H26N2O3/c1-19(2,3)24-18(23)21-15-9-10-16(21)17(13-22)20(12-15)11-14-7-5-4-6-8-14/h4-8,13,15-17H,9-12H2,1-3H3/t15-,16+,17-/m0/s1. The summed E-state index contributed by atoms with van der Waals surface area (Å²) in [6.45, 7) is 7.06. The lowest BCUT2D eigenvalue weighted by molar-refractivity contribution is -0.117. The van der Waals surface area contributed by atoms with E-state index in [0.29, 0.717) is 6.54 Å². The Balaban J connectivity index is 1.76. The molecule has 0 aromatic heterocycles. The molecular weight excluding hydrogens is 304 g/mol. The highest BCUT2D eigenvalue weighted by Gasteiger charge is 2.49. The quantitative estimate of drug-likeness (QED) is 0.800. The predicted molar refractivity (Wildman–Crippen MR) is 91.6 cm³/mol. The number of likely N-dealkylation sites (tertiary alicyclic amines) is 1. The number of nitrogens with zero attached hydrogens (tertiary/aromatic N) is 2. The minimum Gasteiger partial charge on any atom is -0.444 e. The van der Waals surface area contributed by atoms with E-state index in [1.54, 1.807) is 0 Å². The van der Waals surface area contributed by atoms with Crippen molar-refractivity contribution in [3.05, 3.63) is 35.9 Å². The third-order valence-electron chi connectivity index (χ3n) is 4.78. The minimum atomic E-state index is -0.519. The molecule has 1 aromatic rings. The fourth-order valence-electron chi connectivity index (χ4n) is 3.83. The molecule has 3 atom stereocenters. The Labute approximate surface area is 143 Å². The molecule has 0 aliphatic carbocycles. The number of carbonyl (C=O) groups excluding carboxylic acids is 2. The fourth-order valence-corrected chi connectivity index (χ4v) is 3.83. The molecule has 3 rings (SSSR count). The second kappa shape index (κ2) is 6.55. The van der Waals surface area contributed by atoms with Gasteiger partial charge in [-0.3, -0.25) is 9.80 Å². The smallest absolute Gasteiger partial charge is 0.410 e. The van der Waals surface area contributed by atoms with Gasteiger partial charge >= 0.3 is 6.09 Å². The zero-order valence-electron chi connectivity index (χ0n) is 14.6. The maximum absolute atomic E-state index is 12.6. The van der Waals surface area contributed by atoms with Crippen LogP contribution in [0.15, 0.2) is 30.3 Å². The average molecular weight is 330 g/mol. The van der Waals surface area contributed by atoms with Gasteiger partial charge in [0.2, 0.25) is 0 Å². The number of aldehydes is 1. The van der Waals surface area contributed by atoms with E-state index in [2.05, 4.69) is 17.0 Å². The molecule has 0 radical (unpaired) electrons. The first-order valence-electron chi connectivity index (χ1n) is 8.63. The van der Waals surface area contributed by atoms with Gasteiger partial charge in [0.25, 0.3) is 0 Å². The Morgan fingerprint density at radius 1 is 1.25 bits per heavy atom. The Hall–Kier alpha value is -1.88. The third-order valence-corrected chi connectivity index (χ3v) is 4.78. The molecule has 2 heterocycles. The topological polar surface area (TPSA) is 49.9 Å². The maximum Gasteiger partial charge on any atom is 0.410 e. The van der Waals surface area contributed by atoms with Crippen LogP contribution in [0.5, 0.6) is 0 Å². The number of ether oxygens (including phenoxy) is 1. The van der Waals surface area contributed by atoms with Crippen LogP contribution in [-0.2, 0) is 16.1 Å². The molecule has 0 saturated carbocycles. The molecule has 2 aliphatic rings. The van der Waals surface area contributed by atoms with Crippen molar-refractivity contribution in [3.63, 3.8) is 0 Å². The summed E-state index contributed by atoms with van der Waals surface area (Å²) < 4.78 is 5.56. The Morgan fingerprint density at radius 3 is 2.58 bits per heavy atom. The van der Waals surface area contributed by atoms with Gasteiger partial charge in [-0.05, 0) is 39.2 Å². The highest BCUT2D eigenvalue weighted by molar-refractivity contribution is 5.72. The molecule has 2 bridgehead atoms. The normalized spacial score (nSPS) is 27.1. The van der Waals surface area contributed by atoms with Crippen LogP contribution in [-0.4, -0.2) is 52.5 Å². The molecule has 0 unspecified atom stereocenters. The van der Waals surface area contributed by atoms with E-state index in [0.717, 1.165) is 25.7 Å². The average Bonchev–Trinajstić information content (AvgIpc) is 2.83. The van der Waals surface area contributed by atoms with E-state index in [9.17, 15) is 9.59 Å². The largest absolute Gasteiger partial charge is 0.444 e. The highest BCUT2D eigenvalue weighted by Crippen LogP contribution is 2.35. The van der Waals surface area contributed by atoms with Gasteiger partial charge in [0, 0.05) is 19.1 Å². The number of hydrogen-bond donors (Lipinski definition) is 0. The Bertz CT molecular complexity index is 596. The summed E-state index contributed by atoms with van der Waals surface area (Å²) in [6, 6.07) is 9.94. The van der Waals surface area contributed by atoms with Crippen LogP contribution in [0.2, 0.25) is 0 Å². The van der Waals surface area contributed by atoms with Crippen LogP contribution in [0.4, 0.5) is 4.79 Å². The minimum absolute atomic E-state index is 0.0835. The van der Waals surface area contributed by atoms with Gasteiger partial charge < -0.3 is 9.53 Å². The summed E-state index contributed by atoms with van der Waals surface area (Å²) in [5.41, 5.74) is 0.670. The monoisotopic (exact) mass is 330 g/mol. The van der Waals surface area contributed by atoms with Crippen molar-refractivity contribution in [1.29, 1.82) is 0 Å². The fraction of sp³-hybridized carbons (Fsp3) is 0.579. The van der Waals surface area contributed by atoms with Crippen LogP contribution >= 0.6 is 0 Å². The van der Waals surface area contributed by atoms with Crippen LogP contribution in [0.3, 0.4) is 0 Å². The second-order valence-electron chi connectivity index (χ2n) is 7.73. The number of carbonyl (C=O) groups is 2. The molecule has 2 saturated heterocycles. The lowest BCUT2D eigenvalue weighted by atomic mass is 10.0. The number of piperazine rings is 1. The van der Waals surface area contributed by atoms with Gasteiger partial charge in [0.1, 0.15) is 11.9 Å². The summed E-state index contributed by atoms with van der Waals surface area (Å²) in [5.74, 6) is 0. The summed E-state index contributed by atoms with van der Waals surface area (Å²) in [6.07, 6.45) is 2.49. The summed E-state index contributed by atoms with van der Waals surface area (Å²) in [5, 5.41) is 0. The van der Waals surface area contributed by atoms with Gasteiger partial charge in [-0.1, -0.05) is 30.3 Å². The van der Waals surface area contributed by atoms with Gasteiger partial charge in [-0.2, -0.15) is 0 Å². The van der Waals surface area contributed by atoms with Crippen molar-refractivity contribution in [2.75, 3.05) is 6.54 Å².